The van der Waals surface area contributed by atoms with Crippen LogP contribution < -0.4 is 10.5 Å². The van der Waals surface area contributed by atoms with E-state index in [1.807, 2.05) is 36.4 Å². The van der Waals surface area contributed by atoms with Gasteiger partial charge < -0.3 is 10.5 Å². The summed E-state index contributed by atoms with van der Waals surface area (Å²) in [5, 5.41) is 2.93. The Morgan fingerprint density at radius 1 is 0.952 bits per heavy atom. The first-order valence-corrected chi connectivity index (χ1v) is 7.65. The molecule has 0 atom stereocenters. The van der Waals surface area contributed by atoms with Gasteiger partial charge in [0.05, 0.1) is 0 Å². The molecule has 0 saturated carbocycles. The molecule has 0 aromatic heterocycles. The number of nitrogens with two attached hydrogens (primary N) is 1. The number of hydrogen-bond acceptors (Lipinski definition) is 2. The number of halogens is 2. The minimum absolute atomic E-state index is 0.418. The molecule has 0 spiro atoms. The number of anilines is 1. The monoisotopic (exact) mass is 361 g/mol. The second kappa shape index (κ2) is 5.96. The molecule has 2 nitrogen and oxygen atoms in total. The molecule has 0 radical (unpaired) electrons. The van der Waals surface area contributed by atoms with Gasteiger partial charge in [-0.25, -0.2) is 0 Å². The van der Waals surface area contributed by atoms with E-state index in [4.69, 9.17) is 22.1 Å². The first-order chi connectivity index (χ1) is 10.1. The van der Waals surface area contributed by atoms with Crippen LogP contribution in [-0.4, -0.2) is 0 Å². The average molecular weight is 363 g/mol. The summed E-state index contributed by atoms with van der Waals surface area (Å²) in [6.07, 6.45) is 0. The fourth-order valence-electron chi connectivity index (χ4n) is 2.13. The predicted octanol–water partition coefficient (Wildman–Crippen LogP) is 5.42. The van der Waals surface area contributed by atoms with Crippen LogP contribution in [0.15, 0.2) is 59.1 Å². The lowest BCUT2D eigenvalue weighted by Gasteiger charge is -2.09. The summed E-state index contributed by atoms with van der Waals surface area (Å²) in [5.41, 5.74) is 7.25. The van der Waals surface area contributed by atoms with Crippen molar-refractivity contribution in [1.29, 1.82) is 0 Å². The summed E-state index contributed by atoms with van der Waals surface area (Å²) in [5.74, 6) is 0.817. The molecule has 2 N–H and O–H groups in total. The van der Waals surface area contributed by atoms with Gasteiger partial charge in [0.1, 0.15) is 12.4 Å². The van der Waals surface area contributed by atoms with Crippen molar-refractivity contribution in [2.45, 2.75) is 6.61 Å². The first kappa shape index (κ1) is 14.2. The van der Waals surface area contributed by atoms with E-state index in [-0.39, 0.29) is 0 Å². The van der Waals surface area contributed by atoms with Gasteiger partial charge in [-0.05, 0) is 47.2 Å². The molecule has 0 heterocycles. The van der Waals surface area contributed by atoms with Crippen LogP contribution in [0.25, 0.3) is 10.8 Å². The minimum atomic E-state index is 0.418. The summed E-state index contributed by atoms with van der Waals surface area (Å²) in [6.45, 7) is 0.418. The molecule has 4 heteroatoms. The van der Waals surface area contributed by atoms with Gasteiger partial charge in [-0.3, -0.25) is 0 Å². The summed E-state index contributed by atoms with van der Waals surface area (Å²) < 4.78 is 6.88. The molecule has 0 amide bonds. The molecule has 0 aliphatic rings. The molecule has 0 aliphatic heterocycles. The maximum absolute atomic E-state index is 6.14. The van der Waals surface area contributed by atoms with E-state index in [1.165, 1.54) is 5.39 Å². The van der Waals surface area contributed by atoms with Gasteiger partial charge >= 0.3 is 0 Å². The fraction of sp³-hybridized carbons (Fsp3) is 0.0588. The summed E-state index contributed by atoms with van der Waals surface area (Å²) >= 11 is 9.61. The third-order valence-corrected chi connectivity index (χ3v) is 4.09. The highest BCUT2D eigenvalue weighted by Crippen LogP contribution is 2.26. The lowest BCUT2D eigenvalue weighted by atomic mass is 10.1. The molecule has 3 rings (SSSR count). The summed E-state index contributed by atoms with van der Waals surface area (Å²) in [4.78, 5) is 0. The van der Waals surface area contributed by atoms with Gasteiger partial charge in [0.2, 0.25) is 0 Å². The quantitative estimate of drug-likeness (QED) is 0.632. The van der Waals surface area contributed by atoms with Crippen LogP contribution in [0.5, 0.6) is 5.75 Å². The second-order valence-electron chi connectivity index (χ2n) is 4.79. The Morgan fingerprint density at radius 2 is 1.71 bits per heavy atom. The van der Waals surface area contributed by atoms with Gasteiger partial charge in [-0.15, -0.1) is 0 Å². The van der Waals surface area contributed by atoms with Gasteiger partial charge in [-0.2, -0.15) is 0 Å². The number of rotatable bonds is 3. The van der Waals surface area contributed by atoms with E-state index in [0.717, 1.165) is 21.2 Å². The Labute approximate surface area is 136 Å². The maximum atomic E-state index is 6.14. The average Bonchev–Trinajstić information content (AvgIpc) is 2.46. The van der Waals surface area contributed by atoms with Gasteiger partial charge in [0, 0.05) is 20.7 Å². The van der Waals surface area contributed by atoms with Crippen LogP contribution in [0.3, 0.4) is 0 Å². The lowest BCUT2D eigenvalue weighted by molar-refractivity contribution is 0.307. The first-order valence-electron chi connectivity index (χ1n) is 6.48. The smallest absolute Gasteiger partial charge is 0.120 e. The third kappa shape index (κ3) is 3.31. The molecule has 0 bridgehead atoms. The fourth-order valence-corrected chi connectivity index (χ4v) is 2.75. The van der Waals surface area contributed by atoms with Crippen molar-refractivity contribution < 1.29 is 4.74 Å². The Kier molecular flexibility index (Phi) is 4.04. The second-order valence-corrected chi connectivity index (χ2v) is 6.12. The Morgan fingerprint density at radius 3 is 2.52 bits per heavy atom. The van der Waals surface area contributed by atoms with Crippen molar-refractivity contribution in [2.75, 3.05) is 5.73 Å². The van der Waals surface area contributed by atoms with Crippen molar-refractivity contribution in [3.63, 3.8) is 0 Å². The topological polar surface area (TPSA) is 35.2 Å². The van der Waals surface area contributed by atoms with Crippen LogP contribution >= 0.6 is 27.5 Å². The van der Waals surface area contributed by atoms with Gasteiger partial charge in [-0.1, -0.05) is 45.7 Å². The minimum Gasteiger partial charge on any atom is -0.489 e. The molecule has 0 saturated heterocycles. The van der Waals surface area contributed by atoms with E-state index in [2.05, 4.69) is 28.1 Å². The van der Waals surface area contributed by atoms with Crippen molar-refractivity contribution >= 4 is 44.0 Å². The van der Waals surface area contributed by atoms with Crippen LogP contribution in [0.1, 0.15) is 5.56 Å². The highest BCUT2D eigenvalue weighted by atomic mass is 79.9. The number of nitrogen functional groups attached to an aromatic ring is 1. The number of fused-ring (bicyclic) bond motifs is 1. The molecule has 21 heavy (non-hydrogen) atoms. The lowest BCUT2D eigenvalue weighted by Crippen LogP contribution is -1.97. The van der Waals surface area contributed by atoms with Crippen molar-refractivity contribution in [3.8, 4) is 5.75 Å². The van der Waals surface area contributed by atoms with E-state index in [0.29, 0.717) is 17.3 Å². The van der Waals surface area contributed by atoms with E-state index in [9.17, 15) is 0 Å². The molecule has 0 unspecified atom stereocenters. The van der Waals surface area contributed by atoms with Gasteiger partial charge in [0.15, 0.2) is 0 Å². The van der Waals surface area contributed by atoms with Crippen LogP contribution in [0.4, 0.5) is 5.69 Å². The Bertz CT molecular complexity index is 804. The van der Waals surface area contributed by atoms with E-state index in [1.54, 1.807) is 6.07 Å². The number of benzene rings is 3. The third-order valence-electron chi connectivity index (χ3n) is 3.25. The molecule has 3 aromatic carbocycles. The van der Waals surface area contributed by atoms with Crippen molar-refractivity contribution in [3.05, 3.63) is 69.7 Å². The van der Waals surface area contributed by atoms with Crippen LogP contribution in [0, 0.1) is 0 Å². The molecule has 0 fully saturated rings. The highest BCUT2D eigenvalue weighted by molar-refractivity contribution is 9.10. The standard InChI is InChI=1S/C17H13BrClNO/c18-14-4-1-12-8-16(6-3-11(12)7-14)21-10-13-2-5-15(20)9-17(13)19/h1-9H,10,20H2. The maximum Gasteiger partial charge on any atom is 0.120 e. The van der Waals surface area contributed by atoms with Crippen LogP contribution in [-0.2, 0) is 6.61 Å². The largest absolute Gasteiger partial charge is 0.489 e. The summed E-state index contributed by atoms with van der Waals surface area (Å²) in [7, 11) is 0. The molecule has 0 aliphatic carbocycles. The Balaban J connectivity index is 1.80. The van der Waals surface area contributed by atoms with Gasteiger partial charge in [0.25, 0.3) is 0 Å². The normalized spacial score (nSPS) is 10.8. The Hall–Kier alpha value is -1.71. The molecule has 106 valence electrons. The van der Waals surface area contributed by atoms with Crippen molar-refractivity contribution in [2.24, 2.45) is 0 Å². The zero-order chi connectivity index (χ0) is 14.8. The molecule has 3 aromatic rings. The molecular weight excluding hydrogens is 350 g/mol. The summed E-state index contributed by atoms with van der Waals surface area (Å²) in [6, 6.07) is 17.6. The van der Waals surface area contributed by atoms with E-state index >= 15 is 0 Å². The number of ether oxygens (including phenoxy) is 1. The van der Waals surface area contributed by atoms with Crippen LogP contribution in [0.2, 0.25) is 5.02 Å². The zero-order valence-electron chi connectivity index (χ0n) is 11.1. The molecular formula is C17H13BrClNO. The highest BCUT2D eigenvalue weighted by Gasteiger charge is 2.03. The van der Waals surface area contributed by atoms with E-state index < -0.39 is 0 Å². The predicted molar refractivity (Wildman–Crippen MR) is 91.8 cm³/mol. The van der Waals surface area contributed by atoms with Crippen molar-refractivity contribution in [1.82, 2.24) is 0 Å². The number of hydrogen-bond donors (Lipinski definition) is 1. The SMILES string of the molecule is Nc1ccc(COc2ccc3cc(Br)ccc3c2)c(Cl)c1. The zero-order valence-corrected chi connectivity index (χ0v) is 13.5.